The Bertz CT molecular complexity index is 557. The van der Waals surface area contributed by atoms with Crippen LogP contribution >= 0.6 is 0 Å². The van der Waals surface area contributed by atoms with E-state index in [1.54, 1.807) is 0 Å². The zero-order chi connectivity index (χ0) is 15.4. The molecule has 2 atom stereocenters. The summed E-state index contributed by atoms with van der Waals surface area (Å²) in [4.78, 5) is 0. The first kappa shape index (κ1) is 15.7. The molecule has 112 valence electrons. The van der Waals surface area contributed by atoms with E-state index in [4.69, 9.17) is 5.73 Å². The summed E-state index contributed by atoms with van der Waals surface area (Å²) in [5.74, 6) is 0.425. The summed E-state index contributed by atoms with van der Waals surface area (Å²) in [6, 6.07) is 16.4. The third kappa shape index (κ3) is 3.72. The second-order valence-electron chi connectivity index (χ2n) is 6.02. The van der Waals surface area contributed by atoms with E-state index in [-0.39, 0.29) is 5.92 Å². The molecule has 0 aromatic heterocycles. The van der Waals surface area contributed by atoms with Gasteiger partial charge in [-0.1, -0.05) is 67.9 Å². The molecule has 2 rings (SSSR count). The molecule has 0 saturated carbocycles. The van der Waals surface area contributed by atoms with Crippen molar-refractivity contribution in [2.45, 2.75) is 38.7 Å². The Morgan fingerprint density at radius 2 is 1.33 bits per heavy atom. The van der Waals surface area contributed by atoms with Crippen molar-refractivity contribution < 1.29 is 5.11 Å². The second-order valence-corrected chi connectivity index (χ2v) is 6.02. The normalized spacial score (nSPS) is 14.2. The molecule has 0 aliphatic heterocycles. The maximum absolute atomic E-state index is 10.7. The molecule has 0 radical (unpaired) electrons. The van der Waals surface area contributed by atoms with Crippen molar-refractivity contribution >= 4 is 0 Å². The second kappa shape index (κ2) is 6.88. The fourth-order valence-corrected chi connectivity index (χ4v) is 2.57. The first-order chi connectivity index (χ1) is 10.0. The van der Waals surface area contributed by atoms with E-state index in [0.29, 0.717) is 12.5 Å². The van der Waals surface area contributed by atoms with Gasteiger partial charge in [0.05, 0.1) is 6.10 Å². The number of hydrogen-bond donors (Lipinski definition) is 2. The molecular weight excluding hydrogens is 258 g/mol. The van der Waals surface area contributed by atoms with Crippen molar-refractivity contribution in [1.82, 2.24) is 0 Å². The van der Waals surface area contributed by atoms with Crippen LogP contribution in [-0.2, 0) is 0 Å². The van der Waals surface area contributed by atoms with Crippen molar-refractivity contribution in [1.29, 1.82) is 0 Å². The minimum atomic E-state index is -0.570. The van der Waals surface area contributed by atoms with Crippen molar-refractivity contribution in [2.24, 2.45) is 5.73 Å². The maximum atomic E-state index is 10.7. The van der Waals surface area contributed by atoms with Gasteiger partial charge in [-0.2, -0.15) is 0 Å². The number of rotatable bonds is 5. The van der Waals surface area contributed by atoms with E-state index in [1.807, 2.05) is 12.1 Å². The van der Waals surface area contributed by atoms with E-state index in [1.165, 1.54) is 11.1 Å². The molecule has 2 aromatic rings. The van der Waals surface area contributed by atoms with Crippen molar-refractivity contribution in [3.05, 3.63) is 70.8 Å². The molecule has 0 heterocycles. The van der Waals surface area contributed by atoms with Gasteiger partial charge in [0.2, 0.25) is 0 Å². The van der Waals surface area contributed by atoms with Crippen LogP contribution in [0.25, 0.3) is 0 Å². The summed E-state index contributed by atoms with van der Waals surface area (Å²) in [7, 11) is 0. The van der Waals surface area contributed by atoms with E-state index < -0.39 is 6.10 Å². The Hall–Kier alpha value is -1.64. The molecule has 2 unspecified atom stereocenters. The number of benzene rings is 2. The molecule has 0 aliphatic carbocycles. The van der Waals surface area contributed by atoms with Crippen LogP contribution in [0, 0.1) is 6.92 Å². The lowest BCUT2D eigenvalue weighted by Crippen LogP contribution is -2.20. The van der Waals surface area contributed by atoms with E-state index in [0.717, 1.165) is 11.1 Å². The molecule has 0 amide bonds. The lowest BCUT2D eigenvalue weighted by atomic mass is 9.88. The quantitative estimate of drug-likeness (QED) is 0.874. The SMILES string of the molecule is Cc1ccc(C(CN)C(O)c2ccc(C(C)C)cc2)cc1. The van der Waals surface area contributed by atoms with Crippen LogP contribution in [0.3, 0.4) is 0 Å². The molecule has 2 aromatic carbocycles. The number of nitrogens with two attached hydrogens (primary N) is 1. The number of aryl methyl sites for hydroxylation is 1. The highest BCUT2D eigenvalue weighted by molar-refractivity contribution is 5.31. The van der Waals surface area contributed by atoms with Gasteiger partial charge in [-0.3, -0.25) is 0 Å². The average molecular weight is 283 g/mol. The third-order valence-corrected chi connectivity index (χ3v) is 4.09. The van der Waals surface area contributed by atoms with Gasteiger partial charge in [0.15, 0.2) is 0 Å². The number of aliphatic hydroxyl groups excluding tert-OH is 1. The van der Waals surface area contributed by atoms with Crippen LogP contribution in [0.5, 0.6) is 0 Å². The third-order valence-electron chi connectivity index (χ3n) is 4.09. The standard InChI is InChI=1S/C19H25NO/c1-13(2)15-8-10-17(11-9-15)19(21)18(12-20)16-6-4-14(3)5-7-16/h4-11,13,18-19,21H,12,20H2,1-3H3. The first-order valence-corrected chi connectivity index (χ1v) is 7.57. The summed E-state index contributed by atoms with van der Waals surface area (Å²) in [5.41, 5.74) is 10.4. The zero-order valence-corrected chi connectivity index (χ0v) is 13.1. The van der Waals surface area contributed by atoms with Gasteiger partial charge in [-0.15, -0.1) is 0 Å². The van der Waals surface area contributed by atoms with Gasteiger partial charge in [0.25, 0.3) is 0 Å². The monoisotopic (exact) mass is 283 g/mol. The Morgan fingerprint density at radius 1 is 0.857 bits per heavy atom. The number of aliphatic hydroxyl groups is 1. The molecule has 21 heavy (non-hydrogen) atoms. The topological polar surface area (TPSA) is 46.2 Å². The lowest BCUT2D eigenvalue weighted by molar-refractivity contribution is 0.147. The Morgan fingerprint density at radius 3 is 1.81 bits per heavy atom. The highest BCUT2D eigenvalue weighted by atomic mass is 16.3. The molecule has 2 heteroatoms. The maximum Gasteiger partial charge on any atom is 0.0870 e. The van der Waals surface area contributed by atoms with Crippen molar-refractivity contribution in [2.75, 3.05) is 6.54 Å². The van der Waals surface area contributed by atoms with Gasteiger partial charge < -0.3 is 10.8 Å². The van der Waals surface area contributed by atoms with Crippen LogP contribution in [0.4, 0.5) is 0 Å². The molecule has 0 bridgehead atoms. The summed E-state index contributed by atoms with van der Waals surface area (Å²) in [6.07, 6.45) is -0.570. The first-order valence-electron chi connectivity index (χ1n) is 7.57. The van der Waals surface area contributed by atoms with Gasteiger partial charge in [-0.25, -0.2) is 0 Å². The summed E-state index contributed by atoms with van der Waals surface area (Å²) >= 11 is 0. The van der Waals surface area contributed by atoms with Crippen LogP contribution < -0.4 is 5.73 Å². The van der Waals surface area contributed by atoms with Crippen LogP contribution in [-0.4, -0.2) is 11.7 Å². The van der Waals surface area contributed by atoms with Gasteiger partial charge >= 0.3 is 0 Å². The van der Waals surface area contributed by atoms with Gasteiger partial charge in [0.1, 0.15) is 0 Å². The Labute approximate surface area is 127 Å². The molecule has 0 spiro atoms. The minimum absolute atomic E-state index is 0.0736. The van der Waals surface area contributed by atoms with Crippen LogP contribution in [0.2, 0.25) is 0 Å². The summed E-state index contributed by atoms with van der Waals surface area (Å²) in [5, 5.41) is 10.7. The van der Waals surface area contributed by atoms with Crippen LogP contribution in [0.15, 0.2) is 48.5 Å². The fourth-order valence-electron chi connectivity index (χ4n) is 2.57. The molecule has 3 N–H and O–H groups in total. The molecule has 0 saturated heterocycles. The lowest BCUT2D eigenvalue weighted by Gasteiger charge is -2.23. The minimum Gasteiger partial charge on any atom is -0.388 e. The zero-order valence-electron chi connectivity index (χ0n) is 13.1. The highest BCUT2D eigenvalue weighted by Gasteiger charge is 2.21. The number of hydrogen-bond acceptors (Lipinski definition) is 2. The summed E-state index contributed by atoms with van der Waals surface area (Å²) < 4.78 is 0. The van der Waals surface area contributed by atoms with Crippen molar-refractivity contribution in [3.8, 4) is 0 Å². The van der Waals surface area contributed by atoms with Gasteiger partial charge in [0, 0.05) is 12.5 Å². The molecule has 2 nitrogen and oxygen atoms in total. The molecule has 0 fully saturated rings. The van der Waals surface area contributed by atoms with E-state index >= 15 is 0 Å². The largest absolute Gasteiger partial charge is 0.388 e. The predicted molar refractivity (Wildman–Crippen MR) is 88.5 cm³/mol. The van der Waals surface area contributed by atoms with Gasteiger partial charge in [-0.05, 0) is 29.5 Å². The molecular formula is C19H25NO. The Kier molecular flexibility index (Phi) is 5.16. The highest BCUT2D eigenvalue weighted by Crippen LogP contribution is 2.31. The fraction of sp³-hybridized carbons (Fsp3) is 0.368. The Balaban J connectivity index is 2.23. The molecule has 0 aliphatic rings. The smallest absolute Gasteiger partial charge is 0.0870 e. The predicted octanol–water partition coefficient (Wildman–Crippen LogP) is 3.89. The average Bonchev–Trinajstić information content (AvgIpc) is 2.50. The van der Waals surface area contributed by atoms with Crippen molar-refractivity contribution in [3.63, 3.8) is 0 Å². The summed E-state index contributed by atoms with van der Waals surface area (Å²) in [6.45, 7) is 6.82. The van der Waals surface area contributed by atoms with E-state index in [2.05, 4.69) is 57.2 Å². The van der Waals surface area contributed by atoms with Crippen LogP contribution in [0.1, 0.15) is 54.0 Å². The van der Waals surface area contributed by atoms with E-state index in [9.17, 15) is 5.11 Å².